The highest BCUT2D eigenvalue weighted by atomic mass is 19.4. The molecule has 3 rings (SSSR count). The number of alkyl halides is 6. The molecule has 5 unspecified atom stereocenters. The fourth-order valence-corrected chi connectivity index (χ4v) is 4.13. The van der Waals surface area contributed by atoms with E-state index in [0.717, 1.165) is 0 Å². The Morgan fingerprint density at radius 3 is 2.40 bits per heavy atom. The average molecular weight is 449 g/mol. The monoisotopic (exact) mass is 449 g/mol. The molecule has 0 spiro atoms. The lowest BCUT2D eigenvalue weighted by atomic mass is 9.90. The summed E-state index contributed by atoms with van der Waals surface area (Å²) in [5, 5.41) is 13.0. The Hall–Kier alpha value is -0.990. The molecule has 4 N–H and O–H groups in total. The van der Waals surface area contributed by atoms with Crippen molar-refractivity contribution in [3.05, 3.63) is 0 Å². The van der Waals surface area contributed by atoms with Gasteiger partial charge in [-0.3, -0.25) is 10.1 Å². The quantitative estimate of drug-likeness (QED) is 0.420. The lowest BCUT2D eigenvalue weighted by molar-refractivity contribution is -0.301. The molecule has 7 nitrogen and oxygen atoms in total. The van der Waals surface area contributed by atoms with Gasteiger partial charge in [-0.2, -0.15) is 26.3 Å². The number of ketones is 1. The molecule has 3 fully saturated rings. The molecule has 30 heavy (non-hydrogen) atoms. The van der Waals surface area contributed by atoms with Crippen molar-refractivity contribution >= 4 is 5.78 Å². The van der Waals surface area contributed by atoms with Crippen LogP contribution in [0.1, 0.15) is 45.4 Å². The second-order valence-electron chi connectivity index (χ2n) is 8.11. The summed E-state index contributed by atoms with van der Waals surface area (Å²) in [7, 11) is 0. The first-order valence-corrected chi connectivity index (χ1v) is 9.77. The summed E-state index contributed by atoms with van der Waals surface area (Å²) in [6, 6.07) is -0.811. The SMILES string of the molecule is C[C@@H]1CC(=O)CCC[C@](O)(C(F)(F)F)C2NNC(O2)C2CCC(C(F)(F)F)C(N2)O1. The van der Waals surface area contributed by atoms with Crippen LogP contribution in [0.25, 0.3) is 0 Å². The Morgan fingerprint density at radius 1 is 1.07 bits per heavy atom. The van der Waals surface area contributed by atoms with E-state index in [9.17, 15) is 36.2 Å². The lowest BCUT2D eigenvalue weighted by Gasteiger charge is -2.41. The zero-order valence-electron chi connectivity index (χ0n) is 16.1. The second-order valence-corrected chi connectivity index (χ2v) is 8.11. The number of hydrogen-bond donors (Lipinski definition) is 4. The van der Waals surface area contributed by atoms with Crippen molar-refractivity contribution in [2.75, 3.05) is 0 Å². The highest BCUT2D eigenvalue weighted by molar-refractivity contribution is 5.78. The Bertz CT molecular complexity index is 634. The van der Waals surface area contributed by atoms with Crippen molar-refractivity contribution < 1.29 is 45.7 Å². The van der Waals surface area contributed by atoms with Crippen LogP contribution < -0.4 is 16.2 Å². The van der Waals surface area contributed by atoms with E-state index in [-0.39, 0.29) is 32.1 Å². The van der Waals surface area contributed by atoms with E-state index < -0.39 is 66.9 Å². The van der Waals surface area contributed by atoms with Gasteiger partial charge < -0.3 is 14.6 Å². The van der Waals surface area contributed by atoms with Gasteiger partial charge in [0.05, 0.1) is 18.1 Å². The fourth-order valence-electron chi connectivity index (χ4n) is 4.13. The van der Waals surface area contributed by atoms with Crippen LogP contribution in [0.4, 0.5) is 26.3 Å². The van der Waals surface area contributed by atoms with E-state index in [1.165, 1.54) is 6.92 Å². The van der Waals surface area contributed by atoms with Gasteiger partial charge >= 0.3 is 12.4 Å². The predicted octanol–water partition coefficient (Wildman–Crippen LogP) is 1.86. The largest absolute Gasteiger partial charge is 0.421 e. The highest BCUT2D eigenvalue weighted by Gasteiger charge is 2.61. The van der Waals surface area contributed by atoms with Gasteiger partial charge in [0.15, 0.2) is 6.23 Å². The Balaban J connectivity index is 1.86. The van der Waals surface area contributed by atoms with E-state index in [4.69, 9.17) is 9.47 Å². The van der Waals surface area contributed by atoms with E-state index in [1.54, 1.807) is 0 Å². The number of fused-ring (bicyclic) bond motifs is 5. The van der Waals surface area contributed by atoms with Gasteiger partial charge in [-0.1, -0.05) is 0 Å². The molecule has 174 valence electrons. The molecule has 0 saturated carbocycles. The number of ether oxygens (including phenoxy) is 2. The summed E-state index contributed by atoms with van der Waals surface area (Å²) in [6.45, 7) is 1.44. The summed E-state index contributed by atoms with van der Waals surface area (Å²) in [6.07, 6.45) is -16.9. The van der Waals surface area contributed by atoms with Crippen LogP contribution in [0.5, 0.6) is 0 Å². The van der Waals surface area contributed by atoms with Gasteiger partial charge in [-0.25, -0.2) is 10.9 Å². The zero-order chi connectivity index (χ0) is 22.3. The van der Waals surface area contributed by atoms with Crippen molar-refractivity contribution in [1.29, 1.82) is 0 Å². The van der Waals surface area contributed by atoms with Crippen LogP contribution >= 0.6 is 0 Å². The minimum absolute atomic E-state index is 0.0478. The summed E-state index contributed by atoms with van der Waals surface area (Å²) in [5.74, 6) is -2.30. The fraction of sp³-hybridized carbons (Fsp3) is 0.941. The normalized spacial score (nSPS) is 42.1. The summed E-state index contributed by atoms with van der Waals surface area (Å²) in [5.41, 5.74) is 1.47. The molecule has 0 aliphatic carbocycles. The lowest BCUT2D eigenvalue weighted by Crippen LogP contribution is -2.60. The van der Waals surface area contributed by atoms with Gasteiger partial charge in [0, 0.05) is 12.8 Å². The van der Waals surface area contributed by atoms with Crippen molar-refractivity contribution in [3.63, 3.8) is 0 Å². The zero-order valence-corrected chi connectivity index (χ0v) is 16.1. The van der Waals surface area contributed by atoms with E-state index in [2.05, 4.69) is 16.2 Å². The third kappa shape index (κ3) is 4.91. The first-order chi connectivity index (χ1) is 13.8. The second kappa shape index (κ2) is 8.51. The molecule has 3 aliphatic rings. The van der Waals surface area contributed by atoms with Crippen molar-refractivity contribution in [1.82, 2.24) is 16.2 Å². The number of Topliss-reactive ketones (excluding diaryl/α,β-unsaturated/α-hetero) is 1. The molecule has 3 aliphatic heterocycles. The van der Waals surface area contributed by atoms with E-state index >= 15 is 0 Å². The molecule has 13 heteroatoms. The molecule has 7 atom stereocenters. The first-order valence-electron chi connectivity index (χ1n) is 9.77. The number of hydrazine groups is 1. The number of carbonyl (C=O) groups excluding carboxylic acids is 1. The van der Waals surface area contributed by atoms with Crippen molar-refractivity contribution in [2.45, 2.75) is 94.2 Å². The smallest absolute Gasteiger partial charge is 0.377 e. The van der Waals surface area contributed by atoms with Crippen LogP contribution in [0.15, 0.2) is 0 Å². The van der Waals surface area contributed by atoms with E-state index in [0.29, 0.717) is 0 Å². The van der Waals surface area contributed by atoms with Crippen LogP contribution in [-0.2, 0) is 14.3 Å². The predicted molar refractivity (Wildman–Crippen MR) is 89.4 cm³/mol. The van der Waals surface area contributed by atoms with Crippen LogP contribution in [0.2, 0.25) is 0 Å². The third-order valence-electron chi connectivity index (χ3n) is 5.79. The molecule has 0 aromatic heterocycles. The Kier molecular flexibility index (Phi) is 6.71. The maximum Gasteiger partial charge on any atom is 0.421 e. The Morgan fingerprint density at radius 2 is 1.77 bits per heavy atom. The maximum atomic E-state index is 13.6. The summed E-state index contributed by atoms with van der Waals surface area (Å²) < 4.78 is 91.9. The third-order valence-corrected chi connectivity index (χ3v) is 5.79. The molecule has 0 radical (unpaired) electrons. The molecule has 0 aromatic rings. The van der Waals surface area contributed by atoms with Crippen molar-refractivity contribution in [3.8, 4) is 0 Å². The number of aliphatic hydroxyl groups is 1. The van der Waals surface area contributed by atoms with Crippen molar-refractivity contribution in [2.24, 2.45) is 5.92 Å². The maximum absolute atomic E-state index is 13.6. The first kappa shape index (κ1) is 23.7. The Labute approximate surface area is 168 Å². The van der Waals surface area contributed by atoms with Gasteiger partial charge in [-0.05, 0) is 32.6 Å². The summed E-state index contributed by atoms with van der Waals surface area (Å²) in [4.78, 5) is 12.1. The minimum atomic E-state index is -5.05. The number of halogens is 6. The molecular formula is C17H25F6N3O4. The number of nitrogens with one attached hydrogen (secondary N) is 3. The highest BCUT2D eigenvalue weighted by Crippen LogP contribution is 2.41. The van der Waals surface area contributed by atoms with Crippen LogP contribution in [0, 0.1) is 5.92 Å². The van der Waals surface area contributed by atoms with Gasteiger partial charge in [0.2, 0.25) is 5.60 Å². The standard InChI is InChI=1S/C17H25F6N3O4/c1-8-7-9(27)3-2-6-15(28,17(21,22)23)14-26-25-13(30-14)11-5-4-10(16(18,19)20)12(24-11)29-8/h8,10-14,24-26,28H,2-7H2,1H3/t8-,10?,11?,12?,13?,14?,15-/m1/s1. The van der Waals surface area contributed by atoms with Gasteiger partial charge in [-0.15, -0.1) is 0 Å². The van der Waals surface area contributed by atoms with E-state index in [1.807, 2.05) is 0 Å². The van der Waals surface area contributed by atoms with Crippen LogP contribution in [0.3, 0.4) is 0 Å². The van der Waals surface area contributed by atoms with Gasteiger partial charge in [0.1, 0.15) is 18.2 Å². The molecule has 0 amide bonds. The molecule has 3 heterocycles. The van der Waals surface area contributed by atoms with Crippen LogP contribution in [-0.4, -0.2) is 59.7 Å². The molecular weight excluding hydrogens is 424 g/mol. The number of hydrogen-bond acceptors (Lipinski definition) is 7. The summed E-state index contributed by atoms with van der Waals surface area (Å²) >= 11 is 0. The number of carbonyl (C=O) groups is 1. The average Bonchev–Trinajstić information content (AvgIpc) is 3.09. The topological polar surface area (TPSA) is 91.9 Å². The minimum Gasteiger partial charge on any atom is -0.377 e. The number of piperidine rings is 1. The molecule has 4 bridgehead atoms. The molecule has 0 aromatic carbocycles. The number of rotatable bonds is 0. The van der Waals surface area contributed by atoms with Gasteiger partial charge in [0.25, 0.3) is 0 Å². The molecule has 3 saturated heterocycles.